The van der Waals surface area contributed by atoms with Crippen molar-refractivity contribution in [1.29, 1.82) is 0 Å². The molecule has 0 aromatic carbocycles. The Labute approximate surface area is 110 Å². The molecular weight excluding hydrogens is 230 g/mol. The lowest BCUT2D eigenvalue weighted by molar-refractivity contribution is -0.130. The summed E-state index contributed by atoms with van der Waals surface area (Å²) in [6.45, 7) is 4.73. The molecular formula is C13H27N3O2. The zero-order chi connectivity index (χ0) is 13.5. The zero-order valence-corrected chi connectivity index (χ0v) is 11.9. The van der Waals surface area contributed by atoms with Gasteiger partial charge in [-0.05, 0) is 19.3 Å². The highest BCUT2D eigenvalue weighted by Gasteiger charge is 2.22. The van der Waals surface area contributed by atoms with Crippen LogP contribution in [0.4, 0.5) is 0 Å². The Morgan fingerprint density at radius 1 is 1.44 bits per heavy atom. The summed E-state index contributed by atoms with van der Waals surface area (Å²) in [5.74, 6) is 0.170. The van der Waals surface area contributed by atoms with Crippen LogP contribution in [0.15, 0.2) is 0 Å². The molecule has 18 heavy (non-hydrogen) atoms. The number of nitrogens with zero attached hydrogens (tertiary/aromatic N) is 2. The van der Waals surface area contributed by atoms with Crippen LogP contribution in [0.5, 0.6) is 0 Å². The van der Waals surface area contributed by atoms with E-state index >= 15 is 0 Å². The highest BCUT2D eigenvalue weighted by molar-refractivity contribution is 5.77. The molecule has 1 atom stereocenters. The summed E-state index contributed by atoms with van der Waals surface area (Å²) < 4.78 is 0. The zero-order valence-electron chi connectivity index (χ0n) is 11.9. The molecule has 0 radical (unpaired) electrons. The van der Waals surface area contributed by atoms with Gasteiger partial charge in [0.25, 0.3) is 0 Å². The predicted octanol–water partition coefficient (Wildman–Crippen LogP) is -0.100. The van der Waals surface area contributed by atoms with E-state index in [1.54, 1.807) is 19.0 Å². The van der Waals surface area contributed by atoms with Crippen molar-refractivity contribution in [2.24, 2.45) is 0 Å². The normalized spacial score (nSPS) is 19.8. The number of hydrogen-bond acceptors (Lipinski definition) is 4. The standard InChI is InChI=1S/C13H27N3O2/c1-4-11(10-17)14-12-5-7-16(8-6-12)9-13(18)15(2)3/h11-12,14,17H,4-10H2,1-3H3/t11-/m1/s1. The van der Waals surface area contributed by atoms with Crippen LogP contribution in [-0.4, -0.2) is 73.2 Å². The maximum Gasteiger partial charge on any atom is 0.236 e. The minimum atomic E-state index is 0.170. The number of rotatable bonds is 6. The van der Waals surface area contributed by atoms with Crippen LogP contribution in [0, 0.1) is 0 Å². The van der Waals surface area contributed by atoms with Gasteiger partial charge in [-0.1, -0.05) is 6.92 Å². The Hall–Kier alpha value is -0.650. The third kappa shape index (κ3) is 4.92. The molecule has 0 unspecified atom stereocenters. The van der Waals surface area contributed by atoms with Gasteiger partial charge >= 0.3 is 0 Å². The number of nitrogens with one attached hydrogen (secondary N) is 1. The largest absolute Gasteiger partial charge is 0.395 e. The van der Waals surface area contributed by atoms with Crippen LogP contribution in [0.25, 0.3) is 0 Å². The predicted molar refractivity (Wildman–Crippen MR) is 72.5 cm³/mol. The van der Waals surface area contributed by atoms with Crippen LogP contribution in [0.2, 0.25) is 0 Å². The molecule has 1 amide bonds. The summed E-state index contributed by atoms with van der Waals surface area (Å²) in [5.41, 5.74) is 0. The molecule has 1 fully saturated rings. The fourth-order valence-electron chi connectivity index (χ4n) is 2.22. The molecule has 0 aliphatic carbocycles. The number of piperidine rings is 1. The molecule has 2 N–H and O–H groups in total. The number of carbonyl (C=O) groups excluding carboxylic acids is 1. The number of amides is 1. The number of hydrogen-bond donors (Lipinski definition) is 2. The van der Waals surface area contributed by atoms with Crippen molar-refractivity contribution in [3.05, 3.63) is 0 Å². The second kappa shape index (κ2) is 7.71. The second-order valence-corrected chi connectivity index (χ2v) is 5.29. The summed E-state index contributed by atoms with van der Waals surface area (Å²) in [6, 6.07) is 0.692. The minimum Gasteiger partial charge on any atom is -0.395 e. The molecule has 0 aromatic rings. The number of aliphatic hydroxyl groups is 1. The molecule has 1 saturated heterocycles. The van der Waals surface area contributed by atoms with Crippen molar-refractivity contribution >= 4 is 5.91 Å². The average molecular weight is 257 g/mol. The van der Waals surface area contributed by atoms with Crippen LogP contribution >= 0.6 is 0 Å². The molecule has 5 nitrogen and oxygen atoms in total. The minimum absolute atomic E-state index is 0.170. The van der Waals surface area contributed by atoms with E-state index in [0.29, 0.717) is 12.6 Å². The number of carbonyl (C=O) groups is 1. The van der Waals surface area contributed by atoms with Crippen molar-refractivity contribution < 1.29 is 9.90 Å². The van der Waals surface area contributed by atoms with Crippen molar-refractivity contribution in [2.75, 3.05) is 40.3 Å². The Morgan fingerprint density at radius 3 is 2.50 bits per heavy atom. The van der Waals surface area contributed by atoms with Gasteiger partial charge in [0.1, 0.15) is 0 Å². The number of likely N-dealkylation sites (tertiary alicyclic amines) is 1. The van der Waals surface area contributed by atoms with Crippen LogP contribution in [0.1, 0.15) is 26.2 Å². The lowest BCUT2D eigenvalue weighted by Crippen LogP contribution is -2.48. The van der Waals surface area contributed by atoms with Crippen molar-refractivity contribution in [2.45, 2.75) is 38.3 Å². The van der Waals surface area contributed by atoms with Gasteiger partial charge in [0.2, 0.25) is 5.91 Å². The Bertz CT molecular complexity index is 247. The van der Waals surface area contributed by atoms with E-state index in [4.69, 9.17) is 5.11 Å². The summed E-state index contributed by atoms with van der Waals surface area (Å²) in [5, 5.41) is 12.6. The first-order chi connectivity index (χ1) is 8.56. The lowest BCUT2D eigenvalue weighted by atomic mass is 10.0. The first-order valence-electron chi connectivity index (χ1n) is 6.86. The van der Waals surface area contributed by atoms with Gasteiger partial charge < -0.3 is 15.3 Å². The molecule has 1 rings (SSSR count). The fourth-order valence-corrected chi connectivity index (χ4v) is 2.22. The summed E-state index contributed by atoms with van der Waals surface area (Å²) in [6.07, 6.45) is 3.06. The Kier molecular flexibility index (Phi) is 6.60. The maximum absolute atomic E-state index is 11.6. The van der Waals surface area contributed by atoms with E-state index in [1.165, 1.54) is 0 Å². The number of aliphatic hydroxyl groups excluding tert-OH is 1. The summed E-state index contributed by atoms with van der Waals surface area (Å²) >= 11 is 0. The third-order valence-electron chi connectivity index (χ3n) is 3.63. The van der Waals surface area contributed by atoms with E-state index in [0.717, 1.165) is 32.4 Å². The van der Waals surface area contributed by atoms with Crippen molar-refractivity contribution in [1.82, 2.24) is 15.1 Å². The van der Waals surface area contributed by atoms with Gasteiger partial charge in [0, 0.05) is 39.3 Å². The van der Waals surface area contributed by atoms with Gasteiger partial charge in [-0.15, -0.1) is 0 Å². The van der Waals surface area contributed by atoms with E-state index in [1.807, 2.05) is 0 Å². The molecule has 1 heterocycles. The molecule has 0 bridgehead atoms. The summed E-state index contributed by atoms with van der Waals surface area (Å²) in [7, 11) is 3.59. The van der Waals surface area contributed by atoms with E-state index in [-0.39, 0.29) is 18.6 Å². The smallest absolute Gasteiger partial charge is 0.236 e. The van der Waals surface area contributed by atoms with Gasteiger partial charge in [-0.3, -0.25) is 9.69 Å². The average Bonchev–Trinajstić information content (AvgIpc) is 2.37. The highest BCUT2D eigenvalue weighted by atomic mass is 16.3. The highest BCUT2D eigenvalue weighted by Crippen LogP contribution is 2.11. The quantitative estimate of drug-likeness (QED) is 0.698. The van der Waals surface area contributed by atoms with Crippen molar-refractivity contribution in [3.63, 3.8) is 0 Å². The van der Waals surface area contributed by atoms with Gasteiger partial charge in [-0.25, -0.2) is 0 Å². The molecule has 1 aliphatic heterocycles. The maximum atomic E-state index is 11.6. The molecule has 0 spiro atoms. The van der Waals surface area contributed by atoms with E-state index in [9.17, 15) is 4.79 Å². The molecule has 106 valence electrons. The van der Waals surface area contributed by atoms with Crippen LogP contribution in [-0.2, 0) is 4.79 Å². The topological polar surface area (TPSA) is 55.8 Å². The summed E-state index contributed by atoms with van der Waals surface area (Å²) in [4.78, 5) is 15.4. The Balaban J connectivity index is 2.26. The SMILES string of the molecule is CC[C@H](CO)NC1CCN(CC(=O)N(C)C)CC1. The van der Waals surface area contributed by atoms with E-state index < -0.39 is 0 Å². The van der Waals surface area contributed by atoms with Gasteiger partial charge in [0.15, 0.2) is 0 Å². The van der Waals surface area contributed by atoms with Crippen LogP contribution in [0.3, 0.4) is 0 Å². The lowest BCUT2D eigenvalue weighted by Gasteiger charge is -2.34. The molecule has 1 aliphatic rings. The number of likely N-dealkylation sites (N-methyl/N-ethyl adjacent to an activating group) is 1. The first kappa shape index (κ1) is 15.4. The van der Waals surface area contributed by atoms with Crippen molar-refractivity contribution in [3.8, 4) is 0 Å². The second-order valence-electron chi connectivity index (χ2n) is 5.29. The Morgan fingerprint density at radius 2 is 2.06 bits per heavy atom. The van der Waals surface area contributed by atoms with Gasteiger partial charge in [0.05, 0.1) is 13.2 Å². The first-order valence-corrected chi connectivity index (χ1v) is 6.86. The third-order valence-corrected chi connectivity index (χ3v) is 3.63. The molecule has 5 heteroatoms. The molecule has 0 aromatic heterocycles. The van der Waals surface area contributed by atoms with Gasteiger partial charge in [-0.2, -0.15) is 0 Å². The van der Waals surface area contributed by atoms with Crippen LogP contribution < -0.4 is 5.32 Å². The monoisotopic (exact) mass is 257 g/mol. The fraction of sp³-hybridized carbons (Fsp3) is 0.923. The van der Waals surface area contributed by atoms with E-state index in [2.05, 4.69) is 17.1 Å². The molecule has 0 saturated carbocycles.